The van der Waals surface area contributed by atoms with Gasteiger partial charge in [-0.15, -0.1) is 0 Å². The number of anilines is 1. The molecular weight excluding hydrogens is 262 g/mol. The molecule has 0 atom stereocenters. The van der Waals surface area contributed by atoms with E-state index in [2.05, 4.69) is 9.55 Å². The standard InChI is InChI=1S/C17H17N3O/c1-21-15-7-4-6-13(11-15)17-19-9-10-20(17)12-14-5-2-3-8-16(14)18/h2-11H,12,18H2,1H3. The second kappa shape index (κ2) is 5.71. The molecular formula is C17H17N3O. The van der Waals surface area contributed by atoms with E-state index in [-0.39, 0.29) is 0 Å². The van der Waals surface area contributed by atoms with Crippen molar-refractivity contribution in [3.05, 3.63) is 66.5 Å². The molecule has 3 rings (SSSR count). The lowest BCUT2D eigenvalue weighted by atomic mass is 10.1. The van der Waals surface area contributed by atoms with Gasteiger partial charge in [0.25, 0.3) is 0 Å². The Bertz CT molecular complexity index is 749. The molecule has 0 bridgehead atoms. The fourth-order valence-electron chi connectivity index (χ4n) is 2.32. The number of hydrogen-bond donors (Lipinski definition) is 1. The first-order valence-electron chi connectivity index (χ1n) is 6.77. The van der Waals surface area contributed by atoms with Gasteiger partial charge in [-0.25, -0.2) is 4.98 Å². The van der Waals surface area contributed by atoms with E-state index in [1.165, 1.54) is 0 Å². The highest BCUT2D eigenvalue weighted by Gasteiger charge is 2.08. The third-order valence-electron chi connectivity index (χ3n) is 3.44. The third kappa shape index (κ3) is 2.74. The minimum absolute atomic E-state index is 0.694. The number of nitrogen functional groups attached to an aromatic ring is 1. The number of imidazole rings is 1. The Hall–Kier alpha value is -2.75. The average molecular weight is 279 g/mol. The van der Waals surface area contributed by atoms with Gasteiger partial charge >= 0.3 is 0 Å². The van der Waals surface area contributed by atoms with E-state index in [1.807, 2.05) is 54.7 Å². The van der Waals surface area contributed by atoms with Crippen LogP contribution in [-0.2, 0) is 6.54 Å². The SMILES string of the molecule is COc1cccc(-c2nccn2Cc2ccccc2N)c1. The molecule has 2 N–H and O–H groups in total. The summed E-state index contributed by atoms with van der Waals surface area (Å²) in [6.07, 6.45) is 3.76. The Balaban J connectivity index is 1.95. The predicted molar refractivity (Wildman–Crippen MR) is 84.2 cm³/mol. The molecule has 2 aromatic carbocycles. The molecule has 4 nitrogen and oxygen atoms in total. The van der Waals surface area contributed by atoms with Crippen LogP contribution in [0.3, 0.4) is 0 Å². The van der Waals surface area contributed by atoms with Crippen LogP contribution in [0.4, 0.5) is 5.69 Å². The van der Waals surface area contributed by atoms with E-state index in [9.17, 15) is 0 Å². The number of para-hydroxylation sites is 1. The Morgan fingerprint density at radius 3 is 2.81 bits per heavy atom. The van der Waals surface area contributed by atoms with Gasteiger partial charge in [0.15, 0.2) is 0 Å². The van der Waals surface area contributed by atoms with Crippen molar-refractivity contribution in [2.24, 2.45) is 0 Å². The molecule has 0 saturated carbocycles. The number of benzene rings is 2. The molecule has 0 aliphatic rings. The number of ether oxygens (including phenoxy) is 1. The Morgan fingerprint density at radius 2 is 2.00 bits per heavy atom. The maximum absolute atomic E-state index is 6.02. The molecule has 0 spiro atoms. The normalized spacial score (nSPS) is 10.5. The van der Waals surface area contributed by atoms with Crippen molar-refractivity contribution in [3.63, 3.8) is 0 Å². The summed E-state index contributed by atoms with van der Waals surface area (Å²) >= 11 is 0. The summed E-state index contributed by atoms with van der Waals surface area (Å²) in [6.45, 7) is 0.694. The highest BCUT2D eigenvalue weighted by atomic mass is 16.5. The Morgan fingerprint density at radius 1 is 1.14 bits per heavy atom. The van der Waals surface area contributed by atoms with Crippen molar-refractivity contribution in [2.75, 3.05) is 12.8 Å². The zero-order chi connectivity index (χ0) is 14.7. The molecule has 0 aliphatic carbocycles. The van der Waals surface area contributed by atoms with Crippen molar-refractivity contribution in [3.8, 4) is 17.1 Å². The van der Waals surface area contributed by atoms with Gasteiger partial charge in [0, 0.05) is 23.6 Å². The summed E-state index contributed by atoms with van der Waals surface area (Å²) in [4.78, 5) is 4.45. The van der Waals surface area contributed by atoms with E-state index in [4.69, 9.17) is 10.5 Å². The summed E-state index contributed by atoms with van der Waals surface area (Å²) in [5.41, 5.74) is 8.92. The van der Waals surface area contributed by atoms with Crippen LogP contribution >= 0.6 is 0 Å². The van der Waals surface area contributed by atoms with Crippen LogP contribution in [0, 0.1) is 0 Å². The fraction of sp³-hybridized carbons (Fsp3) is 0.118. The fourth-order valence-corrected chi connectivity index (χ4v) is 2.32. The predicted octanol–water partition coefficient (Wildman–Crippen LogP) is 3.19. The lowest BCUT2D eigenvalue weighted by Crippen LogP contribution is -2.03. The highest BCUT2D eigenvalue weighted by Crippen LogP contribution is 2.23. The minimum atomic E-state index is 0.694. The molecule has 0 unspecified atom stereocenters. The van der Waals surface area contributed by atoms with E-state index in [0.29, 0.717) is 6.54 Å². The van der Waals surface area contributed by atoms with Gasteiger partial charge < -0.3 is 15.0 Å². The van der Waals surface area contributed by atoms with Crippen LogP contribution in [-0.4, -0.2) is 16.7 Å². The quantitative estimate of drug-likeness (QED) is 0.746. The number of rotatable bonds is 4. The smallest absolute Gasteiger partial charge is 0.140 e. The maximum atomic E-state index is 6.02. The number of nitrogens with two attached hydrogens (primary N) is 1. The Kier molecular flexibility index (Phi) is 3.60. The summed E-state index contributed by atoms with van der Waals surface area (Å²) < 4.78 is 7.36. The van der Waals surface area contributed by atoms with Crippen molar-refractivity contribution < 1.29 is 4.74 Å². The molecule has 0 saturated heterocycles. The highest BCUT2D eigenvalue weighted by molar-refractivity contribution is 5.58. The molecule has 0 fully saturated rings. The molecule has 0 aliphatic heterocycles. The minimum Gasteiger partial charge on any atom is -0.497 e. The monoisotopic (exact) mass is 279 g/mol. The molecule has 1 heterocycles. The summed E-state index contributed by atoms with van der Waals surface area (Å²) in [6, 6.07) is 15.8. The summed E-state index contributed by atoms with van der Waals surface area (Å²) in [5.74, 6) is 1.72. The lowest BCUT2D eigenvalue weighted by Gasteiger charge is -2.10. The first-order valence-corrected chi connectivity index (χ1v) is 6.77. The first kappa shape index (κ1) is 13.2. The molecule has 0 amide bonds. The summed E-state index contributed by atoms with van der Waals surface area (Å²) in [7, 11) is 1.66. The van der Waals surface area contributed by atoms with E-state index >= 15 is 0 Å². The average Bonchev–Trinajstić information content (AvgIpc) is 2.98. The van der Waals surface area contributed by atoms with Gasteiger partial charge in [0.1, 0.15) is 11.6 Å². The number of aromatic nitrogens is 2. The van der Waals surface area contributed by atoms with Crippen molar-refractivity contribution in [1.82, 2.24) is 9.55 Å². The second-order valence-corrected chi connectivity index (χ2v) is 4.81. The molecule has 4 heteroatoms. The Labute approximate surface area is 123 Å². The van der Waals surface area contributed by atoms with Gasteiger partial charge in [-0.3, -0.25) is 0 Å². The lowest BCUT2D eigenvalue weighted by molar-refractivity contribution is 0.415. The van der Waals surface area contributed by atoms with E-state index in [0.717, 1.165) is 28.4 Å². The van der Waals surface area contributed by atoms with E-state index in [1.54, 1.807) is 13.3 Å². The molecule has 21 heavy (non-hydrogen) atoms. The second-order valence-electron chi connectivity index (χ2n) is 4.81. The van der Waals surface area contributed by atoms with Crippen LogP contribution in [0.5, 0.6) is 5.75 Å². The van der Waals surface area contributed by atoms with Crippen molar-refractivity contribution >= 4 is 5.69 Å². The largest absolute Gasteiger partial charge is 0.497 e. The van der Waals surface area contributed by atoms with Gasteiger partial charge in [0.05, 0.1) is 13.7 Å². The third-order valence-corrected chi connectivity index (χ3v) is 3.44. The van der Waals surface area contributed by atoms with Gasteiger partial charge in [-0.2, -0.15) is 0 Å². The van der Waals surface area contributed by atoms with Gasteiger partial charge in [-0.1, -0.05) is 30.3 Å². The first-order chi connectivity index (χ1) is 10.3. The van der Waals surface area contributed by atoms with Crippen molar-refractivity contribution in [1.29, 1.82) is 0 Å². The van der Waals surface area contributed by atoms with Crippen LogP contribution in [0.25, 0.3) is 11.4 Å². The topological polar surface area (TPSA) is 53.1 Å². The molecule has 0 radical (unpaired) electrons. The van der Waals surface area contributed by atoms with Crippen LogP contribution < -0.4 is 10.5 Å². The van der Waals surface area contributed by atoms with Crippen LogP contribution in [0.2, 0.25) is 0 Å². The maximum Gasteiger partial charge on any atom is 0.140 e. The number of nitrogens with zero attached hydrogens (tertiary/aromatic N) is 2. The molecule has 1 aromatic heterocycles. The molecule has 3 aromatic rings. The zero-order valence-electron chi connectivity index (χ0n) is 11.9. The van der Waals surface area contributed by atoms with Gasteiger partial charge in [0.2, 0.25) is 0 Å². The van der Waals surface area contributed by atoms with Gasteiger partial charge in [-0.05, 0) is 23.8 Å². The number of hydrogen-bond acceptors (Lipinski definition) is 3. The van der Waals surface area contributed by atoms with Crippen molar-refractivity contribution in [2.45, 2.75) is 6.54 Å². The zero-order valence-corrected chi connectivity index (χ0v) is 11.9. The van der Waals surface area contributed by atoms with Crippen LogP contribution in [0.1, 0.15) is 5.56 Å². The summed E-state index contributed by atoms with van der Waals surface area (Å²) in [5, 5.41) is 0. The number of methoxy groups -OCH3 is 1. The van der Waals surface area contributed by atoms with E-state index < -0.39 is 0 Å². The van der Waals surface area contributed by atoms with Crippen LogP contribution in [0.15, 0.2) is 60.9 Å². The molecule has 106 valence electrons.